The van der Waals surface area contributed by atoms with Gasteiger partial charge in [0.05, 0.1) is 17.0 Å². The minimum Gasteiger partial charge on any atom is -0.394 e. The second kappa shape index (κ2) is 4.43. The molecule has 1 aromatic carbocycles. The molecule has 5 heteroatoms. The van der Waals surface area contributed by atoms with Crippen LogP contribution in [0.25, 0.3) is 0 Å². The number of nitrogens with one attached hydrogen (secondary N) is 1. The fourth-order valence-corrected chi connectivity index (χ4v) is 1.85. The van der Waals surface area contributed by atoms with Crippen molar-refractivity contribution in [3.63, 3.8) is 0 Å². The number of aliphatic hydroxyl groups is 1. The summed E-state index contributed by atoms with van der Waals surface area (Å²) in [6.07, 6.45) is 1.17. The molecule has 16 heavy (non-hydrogen) atoms. The molecule has 0 amide bonds. The molecule has 90 valence electrons. The lowest BCUT2D eigenvalue weighted by Crippen LogP contribution is -2.34. The van der Waals surface area contributed by atoms with Crippen LogP contribution in [0.5, 0.6) is 0 Å². The van der Waals surface area contributed by atoms with Crippen LogP contribution in [0.4, 0.5) is 5.69 Å². The van der Waals surface area contributed by atoms with E-state index in [0.717, 1.165) is 5.69 Å². The van der Waals surface area contributed by atoms with Crippen molar-refractivity contribution in [2.45, 2.75) is 24.3 Å². The lowest BCUT2D eigenvalue weighted by atomic mass is 10.1. The van der Waals surface area contributed by atoms with Crippen LogP contribution in [0.1, 0.15) is 13.8 Å². The molecule has 0 atom stereocenters. The van der Waals surface area contributed by atoms with Gasteiger partial charge in [0.2, 0.25) is 0 Å². The highest BCUT2D eigenvalue weighted by molar-refractivity contribution is 7.90. The second-order valence-electron chi connectivity index (χ2n) is 4.46. The Kier molecular flexibility index (Phi) is 3.60. The Morgan fingerprint density at radius 3 is 2.12 bits per heavy atom. The van der Waals surface area contributed by atoms with E-state index in [2.05, 4.69) is 5.32 Å². The average molecular weight is 243 g/mol. The summed E-state index contributed by atoms with van der Waals surface area (Å²) >= 11 is 0. The Morgan fingerprint density at radius 1 is 1.25 bits per heavy atom. The van der Waals surface area contributed by atoms with Crippen LogP contribution in [-0.4, -0.2) is 31.9 Å². The van der Waals surface area contributed by atoms with Crippen molar-refractivity contribution in [1.29, 1.82) is 0 Å². The molecule has 4 nitrogen and oxygen atoms in total. The zero-order valence-corrected chi connectivity index (χ0v) is 10.5. The minimum absolute atomic E-state index is 0.000821. The van der Waals surface area contributed by atoms with Gasteiger partial charge in [-0.25, -0.2) is 8.42 Å². The van der Waals surface area contributed by atoms with Gasteiger partial charge in [-0.2, -0.15) is 0 Å². The summed E-state index contributed by atoms with van der Waals surface area (Å²) in [5.74, 6) is 0. The van der Waals surface area contributed by atoms with Gasteiger partial charge in [0.15, 0.2) is 9.84 Å². The van der Waals surface area contributed by atoms with E-state index >= 15 is 0 Å². The third kappa shape index (κ3) is 3.50. The van der Waals surface area contributed by atoms with Gasteiger partial charge in [-0.1, -0.05) is 0 Å². The average Bonchev–Trinajstić information content (AvgIpc) is 2.16. The molecule has 2 N–H and O–H groups in total. The highest BCUT2D eigenvalue weighted by Gasteiger charge is 2.15. The molecule has 0 aromatic heterocycles. The van der Waals surface area contributed by atoms with Gasteiger partial charge in [-0.3, -0.25) is 0 Å². The maximum atomic E-state index is 11.2. The predicted octanol–water partition coefficient (Wildman–Crippen LogP) is 1.27. The van der Waals surface area contributed by atoms with Gasteiger partial charge < -0.3 is 10.4 Å². The number of anilines is 1. The highest BCUT2D eigenvalue weighted by Crippen LogP contribution is 2.17. The first kappa shape index (κ1) is 13.0. The topological polar surface area (TPSA) is 66.4 Å². The van der Waals surface area contributed by atoms with Crippen LogP contribution in [0.15, 0.2) is 29.2 Å². The Hall–Kier alpha value is -1.07. The zero-order chi connectivity index (χ0) is 12.4. The Morgan fingerprint density at radius 2 is 1.75 bits per heavy atom. The van der Waals surface area contributed by atoms with Crippen molar-refractivity contribution < 1.29 is 13.5 Å². The molecule has 0 fully saturated rings. The SMILES string of the molecule is CC(C)(CO)Nc1ccc(S(C)(=O)=O)cc1. The monoisotopic (exact) mass is 243 g/mol. The number of hydrogen-bond acceptors (Lipinski definition) is 4. The van der Waals surface area contributed by atoms with Crippen LogP contribution >= 0.6 is 0 Å². The molecule has 0 radical (unpaired) electrons. The maximum Gasteiger partial charge on any atom is 0.175 e. The van der Waals surface area contributed by atoms with E-state index in [0.29, 0.717) is 4.90 Å². The molecule has 0 unspecified atom stereocenters. The number of benzene rings is 1. The van der Waals surface area contributed by atoms with Gasteiger partial charge in [-0.15, -0.1) is 0 Å². The first-order valence-corrected chi connectivity index (χ1v) is 6.83. The largest absolute Gasteiger partial charge is 0.394 e. The van der Waals surface area contributed by atoms with E-state index in [1.807, 2.05) is 13.8 Å². The summed E-state index contributed by atoms with van der Waals surface area (Å²) in [5.41, 5.74) is 0.360. The summed E-state index contributed by atoms with van der Waals surface area (Å²) in [4.78, 5) is 0.292. The van der Waals surface area contributed by atoms with Crippen molar-refractivity contribution in [3.8, 4) is 0 Å². The molecule has 0 heterocycles. The van der Waals surface area contributed by atoms with Gasteiger partial charge in [0.1, 0.15) is 0 Å². The van der Waals surface area contributed by atoms with Gasteiger partial charge in [0.25, 0.3) is 0 Å². The molecule has 0 saturated heterocycles. The fourth-order valence-electron chi connectivity index (χ4n) is 1.22. The summed E-state index contributed by atoms with van der Waals surface area (Å²) in [5, 5.41) is 12.2. The van der Waals surface area contributed by atoms with E-state index in [1.165, 1.54) is 6.26 Å². The number of hydrogen-bond donors (Lipinski definition) is 2. The lowest BCUT2D eigenvalue weighted by Gasteiger charge is -2.24. The molecular weight excluding hydrogens is 226 g/mol. The smallest absolute Gasteiger partial charge is 0.175 e. The second-order valence-corrected chi connectivity index (χ2v) is 6.48. The zero-order valence-electron chi connectivity index (χ0n) is 9.69. The van der Waals surface area contributed by atoms with E-state index in [1.54, 1.807) is 24.3 Å². The summed E-state index contributed by atoms with van der Waals surface area (Å²) in [7, 11) is -3.15. The predicted molar refractivity (Wildman–Crippen MR) is 64.3 cm³/mol. The van der Waals surface area contributed by atoms with Gasteiger partial charge in [0, 0.05) is 11.9 Å². The van der Waals surface area contributed by atoms with E-state index in [-0.39, 0.29) is 6.61 Å². The summed E-state index contributed by atoms with van der Waals surface area (Å²) in [6, 6.07) is 6.47. The molecule has 0 bridgehead atoms. The van der Waals surface area contributed by atoms with Crippen LogP contribution in [0, 0.1) is 0 Å². The molecule has 1 rings (SSSR count). The molecular formula is C11H17NO3S. The molecule has 1 aromatic rings. The Balaban J connectivity index is 2.89. The fraction of sp³-hybridized carbons (Fsp3) is 0.455. The van der Waals surface area contributed by atoms with Gasteiger partial charge >= 0.3 is 0 Å². The van der Waals surface area contributed by atoms with Crippen molar-refractivity contribution in [3.05, 3.63) is 24.3 Å². The molecule has 0 saturated carbocycles. The van der Waals surface area contributed by atoms with E-state index in [4.69, 9.17) is 5.11 Å². The Labute approximate surface area is 96.2 Å². The third-order valence-corrected chi connectivity index (χ3v) is 3.29. The number of rotatable bonds is 4. The first-order chi connectivity index (χ1) is 7.24. The highest BCUT2D eigenvalue weighted by atomic mass is 32.2. The quantitative estimate of drug-likeness (QED) is 0.836. The molecule has 0 aliphatic rings. The normalized spacial score (nSPS) is 12.5. The van der Waals surface area contributed by atoms with Gasteiger partial charge in [-0.05, 0) is 38.1 Å². The molecule has 0 aliphatic carbocycles. The standard InChI is InChI=1S/C11H17NO3S/c1-11(2,8-13)12-9-4-6-10(7-5-9)16(3,14)15/h4-7,12-13H,8H2,1-3H3. The van der Waals surface area contributed by atoms with Crippen LogP contribution in [0.3, 0.4) is 0 Å². The minimum atomic E-state index is -3.15. The van der Waals surface area contributed by atoms with Crippen LogP contribution in [0.2, 0.25) is 0 Å². The van der Waals surface area contributed by atoms with Crippen molar-refractivity contribution >= 4 is 15.5 Å². The van der Waals surface area contributed by atoms with Crippen molar-refractivity contribution in [2.75, 3.05) is 18.2 Å². The van der Waals surface area contributed by atoms with Crippen molar-refractivity contribution in [1.82, 2.24) is 0 Å². The molecule has 0 spiro atoms. The Bertz CT molecular complexity index is 449. The number of aliphatic hydroxyl groups excluding tert-OH is 1. The van der Waals surface area contributed by atoms with E-state index < -0.39 is 15.4 Å². The van der Waals surface area contributed by atoms with Crippen LogP contribution < -0.4 is 5.32 Å². The third-order valence-electron chi connectivity index (χ3n) is 2.16. The maximum absolute atomic E-state index is 11.2. The summed E-state index contributed by atoms with van der Waals surface area (Å²) in [6.45, 7) is 3.72. The lowest BCUT2D eigenvalue weighted by molar-refractivity contribution is 0.234. The number of sulfone groups is 1. The van der Waals surface area contributed by atoms with E-state index in [9.17, 15) is 8.42 Å². The molecule has 0 aliphatic heterocycles. The van der Waals surface area contributed by atoms with Crippen molar-refractivity contribution in [2.24, 2.45) is 0 Å². The first-order valence-electron chi connectivity index (χ1n) is 4.94. The van der Waals surface area contributed by atoms with Crippen LogP contribution in [-0.2, 0) is 9.84 Å². The summed E-state index contributed by atoms with van der Waals surface area (Å²) < 4.78 is 22.5.